The number of hydrogen-bond acceptors (Lipinski definition) is 5. The molecule has 0 aliphatic heterocycles. The molecule has 1 aliphatic carbocycles. The summed E-state index contributed by atoms with van der Waals surface area (Å²) in [7, 11) is 3.60. The number of allylic oxidation sites excluding steroid dienone is 1. The normalized spacial score (nSPS) is 15.8. The van der Waals surface area contributed by atoms with Crippen molar-refractivity contribution < 1.29 is 18.1 Å². The van der Waals surface area contributed by atoms with Crippen molar-refractivity contribution in [1.82, 2.24) is 9.62 Å². The zero-order valence-electron chi connectivity index (χ0n) is 18.0. The van der Waals surface area contributed by atoms with E-state index in [2.05, 4.69) is 10.0 Å². The van der Waals surface area contributed by atoms with Gasteiger partial charge >= 0.3 is 0 Å². The van der Waals surface area contributed by atoms with E-state index < -0.39 is 16.8 Å². The molecule has 1 fully saturated rings. The van der Waals surface area contributed by atoms with Gasteiger partial charge in [-0.15, -0.1) is 0 Å². The van der Waals surface area contributed by atoms with Gasteiger partial charge in [0.15, 0.2) is 0 Å². The van der Waals surface area contributed by atoms with E-state index in [4.69, 9.17) is 4.74 Å². The molecule has 0 spiro atoms. The van der Waals surface area contributed by atoms with Crippen LogP contribution in [0.25, 0.3) is 0 Å². The molecule has 0 radical (unpaired) electrons. The number of ether oxygens (including phenoxy) is 1. The number of hydrogen-bond donors (Lipinski definition) is 2. The number of benzene rings is 1. The van der Waals surface area contributed by atoms with Crippen LogP contribution in [0.4, 0.5) is 10.1 Å². The van der Waals surface area contributed by atoms with Crippen LogP contribution in [0.5, 0.6) is 0 Å². The highest BCUT2D eigenvalue weighted by Gasteiger charge is 2.27. The number of halogens is 1. The van der Waals surface area contributed by atoms with Gasteiger partial charge in [0, 0.05) is 20.2 Å². The molecule has 2 N–H and O–H groups in total. The SMILES string of the molecule is CC.COC(=C/C=O)/C(NS(=O)C1CCC1)=C(/Nc1ccc(C)cc1F)N(C)C. The molecular formula is C21H32FN3O3S. The van der Waals surface area contributed by atoms with Crippen LogP contribution in [0.1, 0.15) is 38.7 Å². The number of anilines is 1. The van der Waals surface area contributed by atoms with Crippen LogP contribution in [0.15, 0.2) is 41.6 Å². The maximum atomic E-state index is 14.3. The number of carbonyl (C=O) groups excluding carboxylic acids is 1. The molecule has 1 atom stereocenters. The summed E-state index contributed by atoms with van der Waals surface area (Å²) in [4.78, 5) is 12.7. The highest BCUT2D eigenvalue weighted by atomic mass is 32.2. The molecule has 1 unspecified atom stereocenters. The molecule has 0 amide bonds. The van der Waals surface area contributed by atoms with E-state index in [0.29, 0.717) is 17.8 Å². The summed E-state index contributed by atoms with van der Waals surface area (Å²) in [6.45, 7) is 5.81. The van der Waals surface area contributed by atoms with Crippen LogP contribution < -0.4 is 10.0 Å². The first kappa shape index (κ1) is 24.7. The highest BCUT2D eigenvalue weighted by Crippen LogP contribution is 2.26. The van der Waals surface area contributed by atoms with E-state index in [0.717, 1.165) is 24.8 Å². The quantitative estimate of drug-likeness (QED) is 0.272. The molecule has 1 saturated carbocycles. The van der Waals surface area contributed by atoms with E-state index in [1.165, 1.54) is 19.3 Å². The van der Waals surface area contributed by atoms with Gasteiger partial charge in [0.2, 0.25) is 0 Å². The predicted molar refractivity (Wildman–Crippen MR) is 117 cm³/mol. The topological polar surface area (TPSA) is 70.7 Å². The Morgan fingerprint density at radius 3 is 2.41 bits per heavy atom. The Bertz CT molecular complexity index is 774. The zero-order chi connectivity index (χ0) is 22.0. The minimum atomic E-state index is -1.34. The second-order valence-corrected chi connectivity index (χ2v) is 8.02. The summed E-state index contributed by atoms with van der Waals surface area (Å²) in [6, 6.07) is 4.84. The zero-order valence-corrected chi connectivity index (χ0v) is 18.9. The fraction of sp³-hybridized carbons (Fsp3) is 0.476. The van der Waals surface area contributed by atoms with E-state index in [-0.39, 0.29) is 16.7 Å². The third-order valence-corrected chi connectivity index (χ3v) is 5.79. The lowest BCUT2D eigenvalue weighted by Crippen LogP contribution is -2.36. The number of aryl methyl sites for hydroxylation is 1. The lowest BCUT2D eigenvalue weighted by Gasteiger charge is -2.28. The first-order chi connectivity index (χ1) is 13.9. The van der Waals surface area contributed by atoms with Crippen LogP contribution in [-0.2, 0) is 20.5 Å². The van der Waals surface area contributed by atoms with Crippen molar-refractivity contribution in [2.75, 3.05) is 26.5 Å². The Labute approximate surface area is 175 Å². The second kappa shape index (κ2) is 12.3. The van der Waals surface area contributed by atoms with Gasteiger partial charge in [-0.3, -0.25) is 9.52 Å². The number of rotatable bonds is 9. The summed E-state index contributed by atoms with van der Waals surface area (Å²) in [5.41, 5.74) is 1.40. The first-order valence-electron chi connectivity index (χ1n) is 9.69. The van der Waals surface area contributed by atoms with E-state index in [9.17, 15) is 13.4 Å². The molecule has 2 rings (SSSR count). The summed E-state index contributed by atoms with van der Waals surface area (Å²) in [6.07, 6.45) is 4.63. The molecule has 1 aromatic rings. The molecule has 0 saturated heterocycles. The van der Waals surface area contributed by atoms with Gasteiger partial charge in [-0.05, 0) is 37.5 Å². The highest BCUT2D eigenvalue weighted by molar-refractivity contribution is 7.83. The Hall–Kier alpha value is -2.35. The van der Waals surface area contributed by atoms with Gasteiger partial charge in [0.25, 0.3) is 0 Å². The standard InChI is InChI=1S/C19H26FN3O3S.C2H6/c1-13-8-9-16(15(20)12-13)21-19(23(2)3)18(17(26-4)10-11-24)22-27(25)14-6-5-7-14;1-2/h8-12,14,21-22H,5-7H2,1-4H3;1-2H3/b17-10+,19-18+;. The first-order valence-corrected chi connectivity index (χ1v) is 10.9. The molecule has 0 bridgehead atoms. The summed E-state index contributed by atoms with van der Waals surface area (Å²) in [5, 5.41) is 3.07. The molecule has 8 heteroatoms. The maximum Gasteiger partial charge on any atom is 0.149 e. The molecule has 162 valence electrons. The van der Waals surface area contributed by atoms with Gasteiger partial charge in [-0.2, -0.15) is 0 Å². The van der Waals surface area contributed by atoms with Crippen molar-refractivity contribution in [2.45, 2.75) is 45.3 Å². The van der Waals surface area contributed by atoms with Gasteiger partial charge < -0.3 is 15.0 Å². The van der Waals surface area contributed by atoms with Gasteiger partial charge in [-0.25, -0.2) is 8.60 Å². The number of nitrogens with one attached hydrogen (secondary N) is 2. The summed E-state index contributed by atoms with van der Waals surface area (Å²) in [5.74, 6) is 0.230. The average molecular weight is 426 g/mol. The molecule has 0 heterocycles. The Morgan fingerprint density at radius 1 is 1.31 bits per heavy atom. The van der Waals surface area contributed by atoms with Crippen LogP contribution in [0.3, 0.4) is 0 Å². The number of nitrogens with zero attached hydrogens (tertiary/aromatic N) is 1. The smallest absolute Gasteiger partial charge is 0.149 e. The van der Waals surface area contributed by atoms with Crippen molar-refractivity contribution in [3.63, 3.8) is 0 Å². The largest absolute Gasteiger partial charge is 0.494 e. The molecule has 0 aromatic heterocycles. The lowest BCUT2D eigenvalue weighted by molar-refractivity contribution is -0.104. The summed E-state index contributed by atoms with van der Waals surface area (Å²) >= 11 is 0. The minimum Gasteiger partial charge on any atom is -0.494 e. The molecule has 29 heavy (non-hydrogen) atoms. The molecule has 1 aliphatic rings. The fourth-order valence-electron chi connectivity index (χ4n) is 2.55. The van der Waals surface area contributed by atoms with Gasteiger partial charge in [0.1, 0.15) is 40.4 Å². The van der Waals surface area contributed by atoms with E-state index in [1.54, 1.807) is 38.1 Å². The van der Waals surface area contributed by atoms with Crippen molar-refractivity contribution in [3.8, 4) is 0 Å². The third-order valence-electron chi connectivity index (χ3n) is 4.31. The molecule has 1 aromatic carbocycles. The average Bonchev–Trinajstić information content (AvgIpc) is 2.64. The van der Waals surface area contributed by atoms with Crippen LogP contribution >= 0.6 is 0 Å². The van der Waals surface area contributed by atoms with Gasteiger partial charge in [0.05, 0.1) is 18.0 Å². The monoisotopic (exact) mass is 425 g/mol. The van der Waals surface area contributed by atoms with Crippen molar-refractivity contribution >= 4 is 23.0 Å². The second-order valence-electron chi connectivity index (χ2n) is 6.55. The minimum absolute atomic E-state index is 0.0499. The predicted octanol–water partition coefficient (Wildman–Crippen LogP) is 3.84. The van der Waals surface area contributed by atoms with E-state index in [1.807, 2.05) is 13.8 Å². The van der Waals surface area contributed by atoms with Crippen LogP contribution in [0, 0.1) is 12.7 Å². The fourth-order valence-corrected chi connectivity index (χ4v) is 3.87. The molecular weight excluding hydrogens is 393 g/mol. The summed E-state index contributed by atoms with van der Waals surface area (Å²) < 4.78 is 35.2. The van der Waals surface area contributed by atoms with Crippen molar-refractivity contribution in [1.29, 1.82) is 0 Å². The Morgan fingerprint density at radius 2 is 1.97 bits per heavy atom. The van der Waals surface area contributed by atoms with Crippen LogP contribution in [-0.4, -0.2) is 41.9 Å². The number of methoxy groups -OCH3 is 1. The maximum absolute atomic E-state index is 14.3. The number of carbonyl (C=O) groups is 1. The third kappa shape index (κ3) is 6.88. The van der Waals surface area contributed by atoms with Crippen LogP contribution in [0.2, 0.25) is 0 Å². The van der Waals surface area contributed by atoms with E-state index >= 15 is 0 Å². The lowest BCUT2D eigenvalue weighted by atomic mass is 10.0. The van der Waals surface area contributed by atoms with Crippen molar-refractivity contribution in [3.05, 3.63) is 52.9 Å². The molecule has 6 nitrogen and oxygen atoms in total. The van der Waals surface area contributed by atoms with Crippen molar-refractivity contribution in [2.24, 2.45) is 0 Å². The number of aldehydes is 1. The van der Waals surface area contributed by atoms with Gasteiger partial charge in [-0.1, -0.05) is 26.3 Å². The Balaban J connectivity index is 0.00000204. The Kier molecular flexibility index (Phi) is 10.4.